The highest BCUT2D eigenvalue weighted by Gasteiger charge is 2.31. The first kappa shape index (κ1) is 16.9. The molecule has 0 spiro atoms. The molecule has 24 heavy (non-hydrogen) atoms. The molecule has 1 saturated heterocycles. The van der Waals surface area contributed by atoms with Crippen LogP contribution in [0.2, 0.25) is 0 Å². The summed E-state index contributed by atoms with van der Waals surface area (Å²) in [5.74, 6) is 2.25. The Balaban J connectivity index is 1.42. The first-order chi connectivity index (χ1) is 11.7. The lowest BCUT2D eigenvalue weighted by molar-refractivity contribution is -0.0820. The zero-order valence-electron chi connectivity index (χ0n) is 14.6. The minimum Gasteiger partial charge on any atom is -0.496 e. The Labute approximate surface area is 142 Å². The average Bonchev–Trinajstić information content (AvgIpc) is 3.02. The zero-order chi connectivity index (χ0) is 16.9. The van der Waals surface area contributed by atoms with Gasteiger partial charge in [-0.05, 0) is 25.0 Å². The predicted octanol–water partition coefficient (Wildman–Crippen LogP) is 2.47. The van der Waals surface area contributed by atoms with Crippen LogP contribution in [0.25, 0.3) is 0 Å². The summed E-state index contributed by atoms with van der Waals surface area (Å²) in [5.41, 5.74) is 1.25. The highest BCUT2D eigenvalue weighted by Crippen LogP contribution is 2.23. The van der Waals surface area contributed by atoms with Crippen LogP contribution in [0.5, 0.6) is 5.75 Å². The summed E-state index contributed by atoms with van der Waals surface area (Å²) < 4.78 is 16.4. The van der Waals surface area contributed by atoms with Crippen molar-refractivity contribution >= 4 is 0 Å². The molecule has 0 aliphatic carbocycles. The number of aromatic nitrogens is 2. The molecule has 1 fully saturated rings. The number of aryl methyl sites for hydroxylation is 1. The molecule has 1 aliphatic rings. The molecule has 0 amide bonds. The summed E-state index contributed by atoms with van der Waals surface area (Å²) in [6.07, 6.45) is 1.99. The number of benzene rings is 1. The minimum absolute atomic E-state index is 0.238. The molecule has 3 rings (SSSR count). The van der Waals surface area contributed by atoms with E-state index in [1.165, 1.54) is 5.56 Å². The van der Waals surface area contributed by atoms with Crippen molar-refractivity contribution in [1.29, 1.82) is 0 Å². The molecule has 130 valence electrons. The number of rotatable bonds is 8. The maximum Gasteiger partial charge on any atom is 0.252 e. The lowest BCUT2D eigenvalue weighted by atomic mass is 10.0. The Morgan fingerprint density at radius 1 is 1.33 bits per heavy atom. The van der Waals surface area contributed by atoms with Gasteiger partial charge in [0.2, 0.25) is 0 Å². The highest BCUT2D eigenvalue weighted by atomic mass is 16.5. The van der Waals surface area contributed by atoms with Gasteiger partial charge in [0.25, 0.3) is 5.89 Å². The minimum atomic E-state index is 0.238. The van der Waals surface area contributed by atoms with Crippen LogP contribution in [0.4, 0.5) is 0 Å². The van der Waals surface area contributed by atoms with Crippen LogP contribution < -0.4 is 4.74 Å². The van der Waals surface area contributed by atoms with Crippen LogP contribution in [-0.4, -0.2) is 47.4 Å². The van der Waals surface area contributed by atoms with E-state index < -0.39 is 0 Å². The third kappa shape index (κ3) is 3.94. The quantitative estimate of drug-likeness (QED) is 0.740. The molecule has 1 unspecified atom stereocenters. The molecule has 1 aliphatic heterocycles. The van der Waals surface area contributed by atoms with Crippen molar-refractivity contribution in [1.82, 2.24) is 15.0 Å². The molecule has 1 aromatic heterocycles. The molecule has 0 radical (unpaired) electrons. The Morgan fingerprint density at radius 3 is 2.83 bits per heavy atom. The van der Waals surface area contributed by atoms with Gasteiger partial charge in [0.1, 0.15) is 12.4 Å². The summed E-state index contributed by atoms with van der Waals surface area (Å²) >= 11 is 0. The molecule has 2 aromatic rings. The fourth-order valence-electron chi connectivity index (χ4n) is 2.94. The monoisotopic (exact) mass is 331 g/mol. The van der Waals surface area contributed by atoms with Crippen molar-refractivity contribution in [3.8, 4) is 5.75 Å². The summed E-state index contributed by atoms with van der Waals surface area (Å²) in [7, 11) is 1.72. The largest absolute Gasteiger partial charge is 0.496 e. The molecule has 1 aromatic carbocycles. The second kappa shape index (κ2) is 7.77. The first-order valence-corrected chi connectivity index (χ1v) is 8.48. The summed E-state index contributed by atoms with van der Waals surface area (Å²) in [6.45, 7) is 6.51. The van der Waals surface area contributed by atoms with Crippen LogP contribution in [-0.2, 0) is 24.2 Å². The number of hydrogen-bond donors (Lipinski definition) is 0. The van der Waals surface area contributed by atoms with Gasteiger partial charge in [-0.25, -0.2) is 0 Å². The van der Waals surface area contributed by atoms with Gasteiger partial charge in [-0.1, -0.05) is 30.3 Å². The van der Waals surface area contributed by atoms with E-state index in [0.717, 1.165) is 37.5 Å². The highest BCUT2D eigenvalue weighted by molar-refractivity contribution is 5.33. The smallest absolute Gasteiger partial charge is 0.252 e. The van der Waals surface area contributed by atoms with E-state index in [4.69, 9.17) is 14.0 Å². The van der Waals surface area contributed by atoms with Gasteiger partial charge in [0, 0.05) is 25.6 Å². The molecular formula is C18H25N3O3. The van der Waals surface area contributed by atoms with E-state index in [0.29, 0.717) is 18.5 Å². The SMILES string of the molecule is CCc1noc(COC2CN(C(C)Cc3ccccc3OC)C2)n1. The van der Waals surface area contributed by atoms with Crippen molar-refractivity contribution in [2.75, 3.05) is 20.2 Å². The van der Waals surface area contributed by atoms with Crippen LogP contribution >= 0.6 is 0 Å². The number of methoxy groups -OCH3 is 1. The van der Waals surface area contributed by atoms with Gasteiger partial charge < -0.3 is 14.0 Å². The van der Waals surface area contributed by atoms with E-state index in [2.05, 4.69) is 34.1 Å². The van der Waals surface area contributed by atoms with E-state index in [1.54, 1.807) is 7.11 Å². The van der Waals surface area contributed by atoms with Gasteiger partial charge in [-0.3, -0.25) is 4.90 Å². The van der Waals surface area contributed by atoms with Crippen LogP contribution in [0.3, 0.4) is 0 Å². The molecular weight excluding hydrogens is 306 g/mol. The van der Waals surface area contributed by atoms with E-state index in [1.807, 2.05) is 19.1 Å². The molecule has 6 heteroatoms. The normalized spacial score (nSPS) is 16.8. The maximum atomic E-state index is 5.83. The Hall–Kier alpha value is -1.92. The predicted molar refractivity (Wildman–Crippen MR) is 90.0 cm³/mol. The molecule has 2 heterocycles. The lowest BCUT2D eigenvalue weighted by Gasteiger charge is -2.42. The number of nitrogens with zero attached hydrogens (tertiary/aromatic N) is 3. The van der Waals surface area contributed by atoms with Crippen LogP contribution in [0.15, 0.2) is 28.8 Å². The Morgan fingerprint density at radius 2 is 2.12 bits per heavy atom. The zero-order valence-corrected chi connectivity index (χ0v) is 14.6. The fourth-order valence-corrected chi connectivity index (χ4v) is 2.94. The van der Waals surface area contributed by atoms with Crippen molar-refractivity contribution in [2.45, 2.75) is 45.4 Å². The lowest BCUT2D eigenvalue weighted by Crippen LogP contribution is -2.56. The van der Waals surface area contributed by atoms with Gasteiger partial charge in [0.15, 0.2) is 5.82 Å². The summed E-state index contributed by atoms with van der Waals surface area (Å²) in [4.78, 5) is 6.68. The standard InChI is InChI=1S/C18H25N3O3/c1-4-17-19-18(24-20-17)12-23-15-10-21(11-15)13(2)9-14-7-5-6-8-16(14)22-3/h5-8,13,15H,4,9-12H2,1-3H3. The molecule has 0 bridgehead atoms. The third-order valence-electron chi connectivity index (χ3n) is 4.48. The molecule has 0 N–H and O–H groups in total. The number of ether oxygens (including phenoxy) is 2. The van der Waals surface area contributed by atoms with Crippen LogP contribution in [0.1, 0.15) is 31.1 Å². The Bertz CT molecular complexity index is 652. The number of para-hydroxylation sites is 1. The second-order valence-electron chi connectivity index (χ2n) is 6.21. The maximum absolute atomic E-state index is 5.83. The van der Waals surface area contributed by atoms with Crippen molar-refractivity contribution in [3.05, 3.63) is 41.5 Å². The van der Waals surface area contributed by atoms with E-state index in [9.17, 15) is 0 Å². The first-order valence-electron chi connectivity index (χ1n) is 8.48. The van der Waals surface area contributed by atoms with Crippen molar-refractivity contribution in [2.24, 2.45) is 0 Å². The number of likely N-dealkylation sites (tertiary alicyclic amines) is 1. The van der Waals surface area contributed by atoms with Crippen molar-refractivity contribution < 1.29 is 14.0 Å². The van der Waals surface area contributed by atoms with Gasteiger partial charge in [0.05, 0.1) is 13.2 Å². The molecule has 0 saturated carbocycles. The van der Waals surface area contributed by atoms with E-state index >= 15 is 0 Å². The molecule has 1 atom stereocenters. The third-order valence-corrected chi connectivity index (χ3v) is 4.48. The van der Waals surface area contributed by atoms with Gasteiger partial charge >= 0.3 is 0 Å². The fraction of sp³-hybridized carbons (Fsp3) is 0.556. The topological polar surface area (TPSA) is 60.6 Å². The van der Waals surface area contributed by atoms with E-state index in [-0.39, 0.29) is 6.10 Å². The summed E-state index contributed by atoms with van der Waals surface area (Å²) in [6, 6.07) is 8.66. The number of hydrogen-bond acceptors (Lipinski definition) is 6. The summed E-state index contributed by atoms with van der Waals surface area (Å²) in [5, 5.41) is 3.87. The van der Waals surface area contributed by atoms with Gasteiger partial charge in [-0.15, -0.1) is 0 Å². The van der Waals surface area contributed by atoms with Gasteiger partial charge in [-0.2, -0.15) is 4.98 Å². The average molecular weight is 331 g/mol. The second-order valence-corrected chi connectivity index (χ2v) is 6.21. The van der Waals surface area contributed by atoms with Crippen LogP contribution in [0, 0.1) is 0 Å². The Kier molecular flexibility index (Phi) is 5.48. The van der Waals surface area contributed by atoms with Crippen molar-refractivity contribution in [3.63, 3.8) is 0 Å². The molecule has 6 nitrogen and oxygen atoms in total.